The highest BCUT2D eigenvalue weighted by atomic mass is 35.5. The van der Waals surface area contributed by atoms with Crippen LogP contribution in [-0.2, 0) is 17.6 Å². The van der Waals surface area contributed by atoms with Crippen LogP contribution in [0, 0.1) is 0 Å². The molecule has 1 N–H and O–H groups in total. The molecule has 0 aliphatic heterocycles. The van der Waals surface area contributed by atoms with Crippen molar-refractivity contribution in [3.63, 3.8) is 0 Å². The van der Waals surface area contributed by atoms with Gasteiger partial charge in [-0.2, -0.15) is 0 Å². The molecule has 27 heavy (non-hydrogen) atoms. The molecule has 5 nitrogen and oxygen atoms in total. The van der Waals surface area contributed by atoms with E-state index in [-0.39, 0.29) is 5.91 Å². The Morgan fingerprint density at radius 3 is 2.56 bits per heavy atom. The molecule has 3 aromatic rings. The second-order valence-electron chi connectivity index (χ2n) is 5.94. The van der Waals surface area contributed by atoms with Crippen molar-refractivity contribution in [3.05, 3.63) is 71.0 Å². The summed E-state index contributed by atoms with van der Waals surface area (Å²) in [5.41, 5.74) is 2.15. The van der Waals surface area contributed by atoms with E-state index in [0.717, 1.165) is 35.1 Å². The fourth-order valence-electron chi connectivity index (χ4n) is 2.64. The van der Waals surface area contributed by atoms with Gasteiger partial charge in [0.2, 0.25) is 5.91 Å². The number of benzene rings is 2. The maximum Gasteiger partial charge on any atom is 0.230 e. The Labute approximate surface area is 168 Å². The van der Waals surface area contributed by atoms with Crippen molar-refractivity contribution in [2.75, 3.05) is 12.3 Å². The lowest BCUT2D eigenvalue weighted by Crippen LogP contribution is -2.27. The van der Waals surface area contributed by atoms with Crippen LogP contribution in [0.15, 0.2) is 59.8 Å². The van der Waals surface area contributed by atoms with E-state index in [1.54, 1.807) is 0 Å². The minimum atomic E-state index is -0.0189. The van der Waals surface area contributed by atoms with Crippen molar-refractivity contribution < 1.29 is 4.79 Å². The highest BCUT2D eigenvalue weighted by Crippen LogP contribution is 2.22. The number of para-hydroxylation sites is 1. The third-order valence-electron chi connectivity index (χ3n) is 4.01. The smallest absolute Gasteiger partial charge is 0.230 e. The molecule has 7 heteroatoms. The number of hydrogen-bond donors (Lipinski definition) is 1. The molecular formula is C20H21ClN4OS. The molecule has 0 atom stereocenters. The van der Waals surface area contributed by atoms with Crippen molar-refractivity contribution in [3.8, 4) is 5.69 Å². The number of aryl methyl sites for hydroxylation is 1. The molecule has 140 valence electrons. The number of carbonyl (C=O) groups excluding carboxylic acids is 1. The van der Waals surface area contributed by atoms with Gasteiger partial charge in [-0.3, -0.25) is 9.36 Å². The number of aromatic nitrogens is 3. The summed E-state index contributed by atoms with van der Waals surface area (Å²) in [6, 6.07) is 17.6. The first kappa shape index (κ1) is 19.5. The van der Waals surface area contributed by atoms with E-state index in [2.05, 4.69) is 15.5 Å². The normalized spacial score (nSPS) is 10.7. The van der Waals surface area contributed by atoms with E-state index >= 15 is 0 Å². The van der Waals surface area contributed by atoms with Crippen LogP contribution in [0.3, 0.4) is 0 Å². The second-order valence-corrected chi connectivity index (χ2v) is 7.32. The monoisotopic (exact) mass is 400 g/mol. The highest BCUT2D eigenvalue weighted by molar-refractivity contribution is 7.99. The molecule has 0 saturated carbocycles. The van der Waals surface area contributed by atoms with Gasteiger partial charge < -0.3 is 5.32 Å². The number of nitrogens with zero attached hydrogens (tertiary/aromatic N) is 3. The summed E-state index contributed by atoms with van der Waals surface area (Å²) in [5.74, 6) is 1.16. The Morgan fingerprint density at radius 1 is 1.11 bits per heavy atom. The Bertz CT molecular complexity index is 881. The minimum Gasteiger partial charge on any atom is -0.355 e. The molecule has 3 rings (SSSR count). The van der Waals surface area contributed by atoms with Gasteiger partial charge in [0.25, 0.3) is 0 Å². The van der Waals surface area contributed by atoms with Gasteiger partial charge in [0.1, 0.15) is 5.82 Å². The molecule has 1 heterocycles. The van der Waals surface area contributed by atoms with Crippen molar-refractivity contribution in [2.45, 2.75) is 24.9 Å². The Kier molecular flexibility index (Phi) is 6.90. The summed E-state index contributed by atoms with van der Waals surface area (Å²) in [5, 5.41) is 12.9. The molecular weight excluding hydrogens is 380 g/mol. The molecule has 1 aromatic heterocycles. The zero-order chi connectivity index (χ0) is 19.1. The van der Waals surface area contributed by atoms with Crippen molar-refractivity contribution >= 4 is 29.3 Å². The average molecular weight is 401 g/mol. The lowest BCUT2D eigenvalue weighted by Gasteiger charge is -2.09. The number of carbonyl (C=O) groups is 1. The van der Waals surface area contributed by atoms with Gasteiger partial charge in [0.05, 0.1) is 5.75 Å². The molecule has 0 fully saturated rings. The van der Waals surface area contributed by atoms with Crippen molar-refractivity contribution in [1.29, 1.82) is 0 Å². The summed E-state index contributed by atoms with van der Waals surface area (Å²) < 4.78 is 2.01. The summed E-state index contributed by atoms with van der Waals surface area (Å²) in [6.45, 7) is 2.63. The molecule has 1 amide bonds. The summed E-state index contributed by atoms with van der Waals surface area (Å²) in [7, 11) is 0. The van der Waals surface area contributed by atoms with Gasteiger partial charge in [0, 0.05) is 23.7 Å². The van der Waals surface area contributed by atoms with E-state index in [1.807, 2.05) is 66.1 Å². The number of hydrogen-bond acceptors (Lipinski definition) is 4. The quantitative estimate of drug-likeness (QED) is 0.582. The van der Waals surface area contributed by atoms with Crippen LogP contribution in [0.1, 0.15) is 18.3 Å². The molecule has 2 aromatic carbocycles. The third kappa shape index (κ3) is 5.34. The standard InChI is InChI=1S/C20H21ClN4OS/c1-2-18-23-24-20(25(18)17-6-4-3-5-7-17)27-14-19(26)22-13-12-15-8-10-16(21)11-9-15/h3-11H,2,12-14H2,1H3,(H,22,26). The van der Waals surface area contributed by atoms with Crippen LogP contribution in [0.5, 0.6) is 0 Å². The minimum absolute atomic E-state index is 0.0189. The molecule has 0 radical (unpaired) electrons. The van der Waals surface area contributed by atoms with Gasteiger partial charge in [-0.25, -0.2) is 0 Å². The van der Waals surface area contributed by atoms with Crippen LogP contribution >= 0.6 is 23.4 Å². The molecule has 0 aliphatic carbocycles. The topological polar surface area (TPSA) is 59.8 Å². The largest absolute Gasteiger partial charge is 0.355 e. The fraction of sp³-hybridized carbons (Fsp3) is 0.250. The number of amides is 1. The zero-order valence-electron chi connectivity index (χ0n) is 15.1. The zero-order valence-corrected chi connectivity index (χ0v) is 16.6. The highest BCUT2D eigenvalue weighted by Gasteiger charge is 2.14. The summed E-state index contributed by atoms with van der Waals surface area (Å²) in [4.78, 5) is 12.2. The lowest BCUT2D eigenvalue weighted by molar-refractivity contribution is -0.118. The van der Waals surface area contributed by atoms with Crippen LogP contribution in [0.4, 0.5) is 0 Å². The van der Waals surface area contributed by atoms with E-state index in [0.29, 0.717) is 17.3 Å². The molecule has 0 spiro atoms. The van der Waals surface area contributed by atoms with Crippen molar-refractivity contribution in [2.24, 2.45) is 0 Å². The molecule has 0 unspecified atom stereocenters. The first-order valence-corrected chi connectivity index (χ1v) is 10.2. The number of rotatable bonds is 8. The Hall–Kier alpha value is -2.31. The second kappa shape index (κ2) is 9.58. The van der Waals surface area contributed by atoms with E-state index in [1.165, 1.54) is 11.8 Å². The average Bonchev–Trinajstić information content (AvgIpc) is 3.11. The van der Waals surface area contributed by atoms with Crippen LogP contribution in [-0.4, -0.2) is 33.0 Å². The number of halogens is 1. The Balaban J connectivity index is 1.54. The van der Waals surface area contributed by atoms with Crippen LogP contribution in [0.2, 0.25) is 5.02 Å². The Morgan fingerprint density at radius 2 is 1.85 bits per heavy atom. The number of thioether (sulfide) groups is 1. The van der Waals surface area contributed by atoms with Gasteiger partial charge in [-0.1, -0.05) is 60.6 Å². The maximum atomic E-state index is 12.2. The number of nitrogens with one attached hydrogen (secondary N) is 1. The van der Waals surface area contributed by atoms with E-state index in [9.17, 15) is 4.79 Å². The van der Waals surface area contributed by atoms with Gasteiger partial charge in [-0.05, 0) is 36.2 Å². The maximum absolute atomic E-state index is 12.2. The predicted molar refractivity (Wildman–Crippen MR) is 110 cm³/mol. The van der Waals surface area contributed by atoms with E-state index in [4.69, 9.17) is 11.6 Å². The summed E-state index contributed by atoms with van der Waals surface area (Å²) in [6.07, 6.45) is 1.55. The summed E-state index contributed by atoms with van der Waals surface area (Å²) >= 11 is 7.27. The van der Waals surface area contributed by atoms with Gasteiger partial charge >= 0.3 is 0 Å². The van der Waals surface area contributed by atoms with Crippen LogP contribution < -0.4 is 5.32 Å². The molecule has 0 saturated heterocycles. The molecule has 0 bridgehead atoms. The SMILES string of the molecule is CCc1nnc(SCC(=O)NCCc2ccc(Cl)cc2)n1-c1ccccc1. The first-order valence-electron chi connectivity index (χ1n) is 8.81. The van der Waals surface area contributed by atoms with Crippen LogP contribution in [0.25, 0.3) is 5.69 Å². The van der Waals surface area contributed by atoms with E-state index < -0.39 is 0 Å². The van der Waals surface area contributed by atoms with Gasteiger partial charge in [-0.15, -0.1) is 10.2 Å². The first-order chi connectivity index (χ1) is 13.2. The van der Waals surface area contributed by atoms with Crippen molar-refractivity contribution in [1.82, 2.24) is 20.1 Å². The molecule has 0 aliphatic rings. The lowest BCUT2D eigenvalue weighted by atomic mass is 10.1. The third-order valence-corrected chi connectivity index (χ3v) is 5.19. The predicted octanol–water partition coefficient (Wildman–Crippen LogP) is 3.93. The fourth-order valence-corrected chi connectivity index (χ4v) is 3.56. The van der Waals surface area contributed by atoms with Gasteiger partial charge in [0.15, 0.2) is 5.16 Å².